The zero-order chi connectivity index (χ0) is 7.68. The van der Waals surface area contributed by atoms with E-state index in [-0.39, 0.29) is 0 Å². The van der Waals surface area contributed by atoms with Gasteiger partial charge in [-0.15, -0.1) is 5.06 Å². The maximum atomic E-state index is 5.40. The fraction of sp³-hybridized carbons (Fsp3) is 0.375. The summed E-state index contributed by atoms with van der Waals surface area (Å²) in [5.74, 6) is 0.890. The van der Waals surface area contributed by atoms with Gasteiger partial charge in [-0.25, -0.2) is 0 Å². The van der Waals surface area contributed by atoms with Crippen molar-refractivity contribution in [1.29, 1.82) is 0 Å². The number of rotatable bonds is 0. The van der Waals surface area contributed by atoms with Crippen LogP contribution in [0.4, 0.5) is 0 Å². The molecule has 0 amide bonds. The molecule has 0 aliphatic carbocycles. The third-order valence-corrected chi connectivity index (χ3v) is 1.77. The lowest BCUT2D eigenvalue weighted by molar-refractivity contribution is -0.0433. The number of pyridine rings is 1. The van der Waals surface area contributed by atoms with Gasteiger partial charge >= 0.3 is 0 Å². The molecule has 11 heavy (non-hydrogen) atoms. The number of likely N-dealkylation sites (N-methyl/N-ethyl adjacent to an activating group) is 1. The molecule has 0 atom stereocenters. The minimum atomic E-state index is 0.890. The first-order valence-corrected chi connectivity index (χ1v) is 3.69. The van der Waals surface area contributed by atoms with Gasteiger partial charge in [-0.2, -0.15) is 0 Å². The van der Waals surface area contributed by atoms with Gasteiger partial charge in [0.2, 0.25) is 0 Å². The molecule has 1 aliphatic rings. The van der Waals surface area contributed by atoms with E-state index in [9.17, 15) is 0 Å². The number of aromatic nitrogens is 1. The first-order chi connectivity index (χ1) is 5.36. The molecule has 1 aliphatic heterocycles. The van der Waals surface area contributed by atoms with E-state index in [2.05, 4.69) is 4.98 Å². The second kappa shape index (κ2) is 2.51. The molecule has 0 fully saturated rings. The molecule has 2 heterocycles. The van der Waals surface area contributed by atoms with Gasteiger partial charge in [0.1, 0.15) is 0 Å². The summed E-state index contributed by atoms with van der Waals surface area (Å²) < 4.78 is 0. The van der Waals surface area contributed by atoms with E-state index in [0.717, 1.165) is 24.4 Å². The van der Waals surface area contributed by atoms with Crippen molar-refractivity contribution in [3.05, 3.63) is 24.0 Å². The fourth-order valence-corrected chi connectivity index (χ4v) is 1.17. The Kier molecular flexibility index (Phi) is 1.51. The van der Waals surface area contributed by atoms with Gasteiger partial charge in [0.15, 0.2) is 5.75 Å². The van der Waals surface area contributed by atoms with E-state index in [4.69, 9.17) is 4.84 Å². The van der Waals surface area contributed by atoms with Crippen molar-refractivity contribution in [2.75, 3.05) is 13.6 Å². The number of nitrogens with zero attached hydrogens (tertiary/aromatic N) is 2. The van der Waals surface area contributed by atoms with E-state index in [1.165, 1.54) is 0 Å². The van der Waals surface area contributed by atoms with Gasteiger partial charge in [0, 0.05) is 26.2 Å². The highest BCUT2D eigenvalue weighted by Gasteiger charge is 2.13. The summed E-state index contributed by atoms with van der Waals surface area (Å²) in [5.41, 5.74) is 1.06. The second-order valence-electron chi connectivity index (χ2n) is 2.64. The molecule has 0 saturated heterocycles. The molecule has 0 radical (unpaired) electrons. The molecule has 2 rings (SSSR count). The first kappa shape index (κ1) is 6.61. The minimum absolute atomic E-state index is 0.890. The largest absolute Gasteiger partial charge is 0.404 e. The van der Waals surface area contributed by atoms with E-state index in [0.29, 0.717) is 0 Å². The van der Waals surface area contributed by atoms with E-state index >= 15 is 0 Å². The van der Waals surface area contributed by atoms with Gasteiger partial charge in [-0.3, -0.25) is 4.98 Å². The monoisotopic (exact) mass is 150 g/mol. The summed E-state index contributed by atoms with van der Waals surface area (Å²) in [5, 5.41) is 1.82. The summed E-state index contributed by atoms with van der Waals surface area (Å²) in [6.07, 6.45) is 2.78. The summed E-state index contributed by atoms with van der Waals surface area (Å²) in [6.45, 7) is 0.921. The Bertz CT molecular complexity index is 262. The van der Waals surface area contributed by atoms with Gasteiger partial charge in [0.05, 0.1) is 5.69 Å². The average molecular weight is 150 g/mol. The summed E-state index contributed by atoms with van der Waals surface area (Å²) in [4.78, 5) is 9.60. The predicted octanol–water partition coefficient (Wildman–Crippen LogP) is 0.863. The minimum Gasteiger partial charge on any atom is -0.404 e. The van der Waals surface area contributed by atoms with Crippen LogP contribution in [-0.2, 0) is 6.42 Å². The zero-order valence-electron chi connectivity index (χ0n) is 6.45. The Balaban J connectivity index is 2.34. The number of hydrogen-bond acceptors (Lipinski definition) is 3. The van der Waals surface area contributed by atoms with E-state index in [1.807, 2.05) is 24.2 Å². The van der Waals surface area contributed by atoms with Crippen LogP contribution in [0.2, 0.25) is 0 Å². The van der Waals surface area contributed by atoms with Crippen LogP contribution in [0.1, 0.15) is 5.69 Å². The van der Waals surface area contributed by atoms with Gasteiger partial charge < -0.3 is 4.84 Å². The molecule has 0 aromatic carbocycles. The first-order valence-electron chi connectivity index (χ1n) is 3.69. The second-order valence-corrected chi connectivity index (χ2v) is 2.64. The Labute approximate surface area is 65.6 Å². The maximum Gasteiger partial charge on any atom is 0.168 e. The van der Waals surface area contributed by atoms with Crippen molar-refractivity contribution in [2.24, 2.45) is 0 Å². The lowest BCUT2D eigenvalue weighted by Crippen LogP contribution is -2.30. The average Bonchev–Trinajstić information content (AvgIpc) is 2.04. The molecule has 3 heteroatoms. The van der Waals surface area contributed by atoms with Gasteiger partial charge in [0.25, 0.3) is 0 Å². The van der Waals surface area contributed by atoms with Gasteiger partial charge in [-0.1, -0.05) is 0 Å². The quantitative estimate of drug-likeness (QED) is 0.548. The smallest absolute Gasteiger partial charge is 0.168 e. The van der Waals surface area contributed by atoms with Gasteiger partial charge in [-0.05, 0) is 12.1 Å². The van der Waals surface area contributed by atoms with Crippen LogP contribution in [0.25, 0.3) is 0 Å². The SMILES string of the molecule is CN1CCc2ncccc2O1. The summed E-state index contributed by atoms with van der Waals surface area (Å²) in [7, 11) is 1.93. The van der Waals surface area contributed by atoms with E-state index in [1.54, 1.807) is 6.20 Å². The van der Waals surface area contributed by atoms with Crippen molar-refractivity contribution < 1.29 is 4.84 Å². The zero-order valence-corrected chi connectivity index (χ0v) is 6.45. The topological polar surface area (TPSA) is 25.4 Å². The number of fused-ring (bicyclic) bond motifs is 1. The number of hydrogen-bond donors (Lipinski definition) is 0. The highest BCUT2D eigenvalue weighted by atomic mass is 16.7. The van der Waals surface area contributed by atoms with Crippen molar-refractivity contribution in [3.8, 4) is 5.75 Å². The molecule has 0 unspecified atom stereocenters. The molecule has 1 aromatic rings. The standard InChI is InChI=1S/C8H10N2O/c1-10-6-4-7-8(11-10)3-2-5-9-7/h2-3,5H,4,6H2,1H3. The van der Waals surface area contributed by atoms with Crippen LogP contribution in [-0.4, -0.2) is 23.6 Å². The molecule has 0 bridgehead atoms. The Morgan fingerprint density at radius 2 is 2.55 bits per heavy atom. The molecule has 0 saturated carbocycles. The summed E-state index contributed by atoms with van der Waals surface area (Å²) >= 11 is 0. The summed E-state index contributed by atoms with van der Waals surface area (Å²) in [6, 6.07) is 3.83. The van der Waals surface area contributed by atoms with Crippen molar-refractivity contribution in [2.45, 2.75) is 6.42 Å². The van der Waals surface area contributed by atoms with Crippen molar-refractivity contribution in [3.63, 3.8) is 0 Å². The van der Waals surface area contributed by atoms with Crippen molar-refractivity contribution >= 4 is 0 Å². The highest BCUT2D eigenvalue weighted by Crippen LogP contribution is 2.20. The van der Waals surface area contributed by atoms with Crippen LogP contribution in [0.5, 0.6) is 5.75 Å². The lowest BCUT2D eigenvalue weighted by atomic mass is 10.2. The van der Waals surface area contributed by atoms with Crippen LogP contribution >= 0.6 is 0 Å². The maximum absolute atomic E-state index is 5.40. The molecular weight excluding hydrogens is 140 g/mol. The predicted molar refractivity (Wildman–Crippen MR) is 41.2 cm³/mol. The van der Waals surface area contributed by atoms with E-state index < -0.39 is 0 Å². The molecular formula is C8H10N2O. The van der Waals surface area contributed by atoms with Crippen molar-refractivity contribution in [1.82, 2.24) is 10.0 Å². The van der Waals surface area contributed by atoms with Crippen LogP contribution in [0, 0.1) is 0 Å². The Morgan fingerprint density at radius 1 is 1.64 bits per heavy atom. The molecule has 58 valence electrons. The van der Waals surface area contributed by atoms with Crippen LogP contribution < -0.4 is 4.84 Å². The molecule has 0 N–H and O–H groups in total. The van der Waals surface area contributed by atoms with Crippen LogP contribution in [0.15, 0.2) is 18.3 Å². The molecule has 3 nitrogen and oxygen atoms in total. The third kappa shape index (κ3) is 1.19. The number of hydroxylamine groups is 2. The lowest BCUT2D eigenvalue weighted by Gasteiger charge is -2.23. The highest BCUT2D eigenvalue weighted by molar-refractivity contribution is 5.27. The molecule has 0 spiro atoms. The Morgan fingerprint density at radius 3 is 3.45 bits per heavy atom. The Hall–Kier alpha value is -1.09. The van der Waals surface area contributed by atoms with Crippen LogP contribution in [0.3, 0.4) is 0 Å². The fourth-order valence-electron chi connectivity index (χ4n) is 1.17. The third-order valence-electron chi connectivity index (χ3n) is 1.77. The molecule has 1 aromatic heterocycles. The normalized spacial score (nSPS) is 17.2.